The van der Waals surface area contributed by atoms with E-state index in [2.05, 4.69) is 9.72 Å². The molecule has 0 aliphatic rings. The number of esters is 1. The predicted molar refractivity (Wildman–Crippen MR) is 75.9 cm³/mol. The molecule has 0 aliphatic heterocycles. The second-order valence-corrected chi connectivity index (χ2v) is 5.94. The zero-order valence-corrected chi connectivity index (χ0v) is 13.7. The third-order valence-electron chi connectivity index (χ3n) is 2.96. The van der Waals surface area contributed by atoms with Crippen LogP contribution in [0.25, 0.3) is 0 Å². The van der Waals surface area contributed by atoms with Crippen LogP contribution in [-0.2, 0) is 17.3 Å². The van der Waals surface area contributed by atoms with Crippen LogP contribution >= 0.6 is 11.8 Å². The molecule has 9 heteroatoms. The van der Waals surface area contributed by atoms with E-state index < -0.39 is 35.5 Å². The summed E-state index contributed by atoms with van der Waals surface area (Å²) >= 11 is 0.718. The number of thioether (sulfide) groups is 1. The maximum Gasteiger partial charge on any atom is 0.434 e. The highest BCUT2D eigenvalue weighted by atomic mass is 32.2. The summed E-state index contributed by atoms with van der Waals surface area (Å²) in [6.45, 7) is 3.42. The fourth-order valence-electron chi connectivity index (χ4n) is 2.14. The summed E-state index contributed by atoms with van der Waals surface area (Å²) in [6, 6.07) is 0. The van der Waals surface area contributed by atoms with Crippen LogP contribution in [0.1, 0.15) is 47.6 Å². The third-order valence-corrected chi connectivity index (χ3v) is 3.81. The summed E-state index contributed by atoms with van der Waals surface area (Å²) in [4.78, 5) is 14.6. The average molecular weight is 357 g/mol. The summed E-state index contributed by atoms with van der Waals surface area (Å²) in [5.74, 6) is -1.27. The van der Waals surface area contributed by atoms with Crippen molar-refractivity contribution in [2.45, 2.75) is 37.8 Å². The van der Waals surface area contributed by atoms with Gasteiger partial charge in [0.2, 0.25) is 0 Å². The van der Waals surface area contributed by atoms with Crippen molar-refractivity contribution < 1.29 is 31.5 Å². The maximum atomic E-state index is 13.2. The van der Waals surface area contributed by atoms with E-state index in [-0.39, 0.29) is 22.8 Å². The summed E-state index contributed by atoms with van der Waals surface area (Å²) in [5, 5.41) is 0. The van der Waals surface area contributed by atoms with E-state index in [1.165, 1.54) is 6.26 Å². The molecule has 0 saturated carbocycles. The van der Waals surface area contributed by atoms with Crippen molar-refractivity contribution in [2.24, 2.45) is 5.92 Å². The highest BCUT2D eigenvalue weighted by Crippen LogP contribution is 2.41. The van der Waals surface area contributed by atoms with Crippen LogP contribution in [0, 0.1) is 5.92 Å². The number of aromatic nitrogens is 1. The van der Waals surface area contributed by atoms with Crippen molar-refractivity contribution in [3.63, 3.8) is 0 Å². The molecular weight excluding hydrogens is 341 g/mol. The van der Waals surface area contributed by atoms with Crippen LogP contribution in [0.15, 0.2) is 4.90 Å². The molecule has 0 amide bonds. The lowest BCUT2D eigenvalue weighted by Gasteiger charge is -2.21. The van der Waals surface area contributed by atoms with Crippen LogP contribution in [0.2, 0.25) is 0 Å². The van der Waals surface area contributed by atoms with Crippen LogP contribution in [0.5, 0.6) is 0 Å². The number of alkyl halides is 5. The van der Waals surface area contributed by atoms with Gasteiger partial charge >= 0.3 is 12.1 Å². The number of rotatable bonds is 5. The van der Waals surface area contributed by atoms with E-state index in [0.717, 1.165) is 18.9 Å². The van der Waals surface area contributed by atoms with Crippen LogP contribution in [0.3, 0.4) is 0 Å². The van der Waals surface area contributed by atoms with E-state index in [1.54, 1.807) is 13.8 Å². The van der Waals surface area contributed by atoms with Crippen molar-refractivity contribution in [3.8, 4) is 0 Å². The largest absolute Gasteiger partial charge is 0.465 e. The normalized spacial score (nSPS) is 12.1. The zero-order chi connectivity index (χ0) is 17.9. The van der Waals surface area contributed by atoms with Gasteiger partial charge in [-0.1, -0.05) is 13.8 Å². The van der Waals surface area contributed by atoms with Gasteiger partial charge in [0, 0.05) is 4.90 Å². The van der Waals surface area contributed by atoms with E-state index in [4.69, 9.17) is 0 Å². The van der Waals surface area contributed by atoms with Crippen LogP contribution in [-0.4, -0.2) is 24.3 Å². The van der Waals surface area contributed by atoms with Gasteiger partial charge in [-0.05, 0) is 24.2 Å². The van der Waals surface area contributed by atoms with Gasteiger partial charge < -0.3 is 4.74 Å². The summed E-state index contributed by atoms with van der Waals surface area (Å²) in [5.41, 5.74) is -3.27. The van der Waals surface area contributed by atoms with Crippen molar-refractivity contribution in [2.75, 3.05) is 13.4 Å². The summed E-state index contributed by atoms with van der Waals surface area (Å²) < 4.78 is 70.4. The Bertz CT molecular complexity index is 588. The van der Waals surface area contributed by atoms with Gasteiger partial charge in [-0.2, -0.15) is 13.2 Å². The van der Waals surface area contributed by atoms with E-state index in [0.29, 0.717) is 0 Å². The standard InChI is InChI=1S/C14H16F5NO2S/c1-6(2)5-7-8(13(21)22-3)9(12(15)16)20-11(10(7)23-4)14(17,18)19/h6,12H,5H2,1-4H3. The molecule has 0 atom stereocenters. The van der Waals surface area contributed by atoms with Gasteiger partial charge in [-0.15, -0.1) is 11.8 Å². The number of nitrogens with zero attached hydrogens (tertiary/aromatic N) is 1. The van der Waals surface area contributed by atoms with Crippen molar-refractivity contribution in [3.05, 3.63) is 22.5 Å². The monoisotopic (exact) mass is 357 g/mol. The Kier molecular flexibility index (Phi) is 6.38. The fraction of sp³-hybridized carbons (Fsp3) is 0.571. The van der Waals surface area contributed by atoms with Crippen LogP contribution < -0.4 is 0 Å². The molecule has 0 bridgehead atoms. The lowest BCUT2D eigenvalue weighted by Crippen LogP contribution is -2.20. The minimum Gasteiger partial charge on any atom is -0.465 e. The molecule has 1 aromatic rings. The molecule has 0 saturated heterocycles. The highest BCUT2D eigenvalue weighted by molar-refractivity contribution is 7.98. The molecule has 0 N–H and O–H groups in total. The Balaban J connectivity index is 3.88. The molecule has 1 aromatic heterocycles. The Hall–Kier alpha value is -1.38. The molecule has 1 rings (SSSR count). The number of carbonyl (C=O) groups is 1. The van der Waals surface area contributed by atoms with Crippen molar-refractivity contribution >= 4 is 17.7 Å². The number of hydrogen-bond acceptors (Lipinski definition) is 4. The van der Waals surface area contributed by atoms with Gasteiger partial charge in [0.15, 0.2) is 5.69 Å². The molecule has 0 fully saturated rings. The molecule has 130 valence electrons. The van der Waals surface area contributed by atoms with E-state index in [9.17, 15) is 26.7 Å². The van der Waals surface area contributed by atoms with Gasteiger partial charge in [-0.3, -0.25) is 0 Å². The number of ether oxygens (including phenoxy) is 1. The van der Waals surface area contributed by atoms with Crippen molar-refractivity contribution in [1.29, 1.82) is 0 Å². The molecule has 3 nitrogen and oxygen atoms in total. The highest BCUT2D eigenvalue weighted by Gasteiger charge is 2.40. The number of hydrogen-bond donors (Lipinski definition) is 0. The average Bonchev–Trinajstić information content (AvgIpc) is 2.43. The van der Waals surface area contributed by atoms with E-state index >= 15 is 0 Å². The quantitative estimate of drug-likeness (QED) is 0.433. The molecular formula is C14H16F5NO2S. The fourth-order valence-corrected chi connectivity index (χ4v) is 2.93. The van der Waals surface area contributed by atoms with E-state index in [1.807, 2.05) is 0 Å². The summed E-state index contributed by atoms with van der Waals surface area (Å²) in [6.07, 6.45) is -6.83. The first-order chi connectivity index (χ1) is 10.5. The Morgan fingerprint density at radius 3 is 2.22 bits per heavy atom. The molecule has 0 radical (unpaired) electrons. The third kappa shape index (κ3) is 4.33. The number of halogens is 5. The van der Waals surface area contributed by atoms with Gasteiger partial charge in [0.05, 0.1) is 12.7 Å². The molecule has 0 unspecified atom stereocenters. The lowest BCUT2D eigenvalue weighted by molar-refractivity contribution is -0.143. The topological polar surface area (TPSA) is 39.2 Å². The van der Waals surface area contributed by atoms with Gasteiger partial charge in [0.1, 0.15) is 5.69 Å². The van der Waals surface area contributed by atoms with Crippen molar-refractivity contribution in [1.82, 2.24) is 4.98 Å². The second-order valence-electron chi connectivity index (χ2n) is 5.12. The smallest absolute Gasteiger partial charge is 0.434 e. The predicted octanol–water partition coefficient (Wildman–Crippen LogP) is 4.75. The molecule has 0 aliphatic carbocycles. The Morgan fingerprint density at radius 2 is 1.87 bits per heavy atom. The first kappa shape index (κ1) is 19.7. The van der Waals surface area contributed by atoms with Crippen LogP contribution in [0.4, 0.5) is 22.0 Å². The Labute approximate surface area is 134 Å². The second kappa shape index (κ2) is 7.46. The first-order valence-corrected chi connectivity index (χ1v) is 7.81. The minimum atomic E-state index is -4.90. The number of methoxy groups -OCH3 is 1. The van der Waals surface area contributed by atoms with Gasteiger partial charge in [-0.25, -0.2) is 18.6 Å². The van der Waals surface area contributed by atoms with Gasteiger partial charge in [0.25, 0.3) is 6.43 Å². The summed E-state index contributed by atoms with van der Waals surface area (Å²) in [7, 11) is 0.979. The molecule has 1 heterocycles. The molecule has 23 heavy (non-hydrogen) atoms. The Morgan fingerprint density at radius 1 is 1.30 bits per heavy atom. The zero-order valence-electron chi connectivity index (χ0n) is 12.9. The molecule has 0 spiro atoms. The lowest BCUT2D eigenvalue weighted by atomic mass is 9.96. The minimum absolute atomic E-state index is 0.0198. The first-order valence-electron chi connectivity index (χ1n) is 6.58. The SMILES string of the molecule is COC(=O)c1c(C(F)F)nc(C(F)(F)F)c(SC)c1CC(C)C. The number of pyridine rings is 1. The molecule has 0 aromatic carbocycles. The number of carbonyl (C=O) groups excluding carboxylic acids is 1. The maximum absolute atomic E-state index is 13.2.